The van der Waals surface area contributed by atoms with Crippen LogP contribution in [0.5, 0.6) is 0 Å². The molecule has 1 heterocycles. The second-order valence-corrected chi connectivity index (χ2v) is 2.25. The van der Waals surface area contributed by atoms with Gasteiger partial charge in [-0.3, -0.25) is 0 Å². The van der Waals surface area contributed by atoms with Gasteiger partial charge in [0.05, 0.1) is 12.6 Å². The molecule has 1 rings (SSSR count). The van der Waals surface area contributed by atoms with Crippen molar-refractivity contribution in [2.24, 2.45) is 0 Å². The maximum absolute atomic E-state index is 8.92. The lowest BCUT2D eigenvalue weighted by Gasteiger charge is -2.00. The molecule has 0 fully saturated rings. The molecule has 1 aromatic rings. The lowest BCUT2D eigenvalue weighted by atomic mass is 10.4. The highest BCUT2D eigenvalue weighted by atomic mass is 16.3. The largest absolute Gasteiger partial charge is 0.391 e. The molecule has 0 bridgehead atoms. The Morgan fingerprint density at radius 2 is 2.64 bits per heavy atom. The lowest BCUT2D eigenvalue weighted by molar-refractivity contribution is 0.168. The molecule has 0 aliphatic carbocycles. The molecule has 1 N–H and O–H groups in total. The molecule has 0 aromatic carbocycles. The van der Waals surface area contributed by atoms with Gasteiger partial charge in [-0.2, -0.15) is 5.26 Å². The number of aromatic nitrogens is 3. The van der Waals surface area contributed by atoms with E-state index in [1.165, 1.54) is 11.0 Å². The van der Waals surface area contributed by atoms with Crippen molar-refractivity contribution in [2.75, 3.05) is 0 Å². The Kier molecular flexibility index (Phi) is 2.18. The van der Waals surface area contributed by atoms with Gasteiger partial charge in [0, 0.05) is 0 Å². The number of aliphatic hydroxyl groups is 1. The van der Waals surface area contributed by atoms with E-state index in [-0.39, 0.29) is 5.82 Å². The molecule has 0 saturated carbocycles. The molecular formula is C6H8N4O. The topological polar surface area (TPSA) is 74.7 Å². The van der Waals surface area contributed by atoms with Gasteiger partial charge in [0.1, 0.15) is 12.4 Å². The van der Waals surface area contributed by atoms with Crippen molar-refractivity contribution in [3.63, 3.8) is 0 Å². The molecule has 5 nitrogen and oxygen atoms in total. The van der Waals surface area contributed by atoms with Crippen molar-refractivity contribution in [3.8, 4) is 6.07 Å². The fourth-order valence-electron chi connectivity index (χ4n) is 0.705. The summed E-state index contributed by atoms with van der Waals surface area (Å²) >= 11 is 0. The smallest absolute Gasteiger partial charge is 0.252 e. The zero-order valence-electron chi connectivity index (χ0n) is 6.10. The zero-order valence-corrected chi connectivity index (χ0v) is 6.10. The average molecular weight is 152 g/mol. The van der Waals surface area contributed by atoms with Crippen molar-refractivity contribution in [3.05, 3.63) is 12.2 Å². The summed E-state index contributed by atoms with van der Waals surface area (Å²) in [6.45, 7) is 2.02. The Balaban J connectivity index is 2.67. The van der Waals surface area contributed by atoms with Gasteiger partial charge in [0.15, 0.2) is 0 Å². The van der Waals surface area contributed by atoms with E-state index in [0.29, 0.717) is 6.54 Å². The van der Waals surface area contributed by atoms with Gasteiger partial charge >= 0.3 is 0 Å². The van der Waals surface area contributed by atoms with Crippen molar-refractivity contribution in [1.29, 1.82) is 5.26 Å². The van der Waals surface area contributed by atoms with Gasteiger partial charge in [0.2, 0.25) is 0 Å². The number of aliphatic hydroxyl groups excluding tert-OH is 1. The number of nitrogens with zero attached hydrogens (tertiary/aromatic N) is 4. The first kappa shape index (κ1) is 7.69. The van der Waals surface area contributed by atoms with E-state index in [4.69, 9.17) is 10.4 Å². The van der Waals surface area contributed by atoms with Crippen molar-refractivity contribution in [1.82, 2.24) is 14.8 Å². The van der Waals surface area contributed by atoms with Crippen LogP contribution >= 0.6 is 0 Å². The van der Waals surface area contributed by atoms with Gasteiger partial charge in [0.25, 0.3) is 5.82 Å². The Bertz CT molecular complexity index is 272. The molecule has 11 heavy (non-hydrogen) atoms. The lowest BCUT2D eigenvalue weighted by Crippen LogP contribution is -2.12. The maximum atomic E-state index is 8.92. The molecule has 0 aliphatic heterocycles. The summed E-state index contributed by atoms with van der Waals surface area (Å²) in [4.78, 5) is 3.67. The molecule has 0 amide bonds. The number of nitriles is 1. The highest BCUT2D eigenvalue weighted by Crippen LogP contribution is 1.90. The van der Waals surface area contributed by atoms with Crippen molar-refractivity contribution in [2.45, 2.75) is 19.6 Å². The highest BCUT2D eigenvalue weighted by Gasteiger charge is 2.00. The van der Waals surface area contributed by atoms with E-state index in [1.54, 1.807) is 13.0 Å². The van der Waals surface area contributed by atoms with Crippen LogP contribution in [0.25, 0.3) is 0 Å². The first-order valence-corrected chi connectivity index (χ1v) is 3.20. The fraction of sp³-hybridized carbons (Fsp3) is 0.500. The molecule has 5 heteroatoms. The average Bonchev–Trinajstić information content (AvgIpc) is 2.34. The normalized spacial score (nSPS) is 12.5. The van der Waals surface area contributed by atoms with Crippen LogP contribution < -0.4 is 0 Å². The summed E-state index contributed by atoms with van der Waals surface area (Å²) in [6, 6.07) is 1.80. The maximum Gasteiger partial charge on any atom is 0.252 e. The quantitative estimate of drug-likeness (QED) is 0.621. The molecule has 0 saturated heterocycles. The molecule has 0 radical (unpaired) electrons. The minimum absolute atomic E-state index is 0.130. The number of rotatable bonds is 2. The Labute approximate surface area is 63.9 Å². The van der Waals surface area contributed by atoms with Gasteiger partial charge in [-0.15, -0.1) is 5.10 Å². The third-order valence-corrected chi connectivity index (χ3v) is 1.09. The summed E-state index contributed by atoms with van der Waals surface area (Å²) < 4.78 is 1.43. The van der Waals surface area contributed by atoms with Crippen molar-refractivity contribution >= 4 is 0 Å². The summed E-state index contributed by atoms with van der Waals surface area (Å²) in [5.41, 5.74) is 0. The third-order valence-electron chi connectivity index (χ3n) is 1.09. The van der Waals surface area contributed by atoms with E-state index < -0.39 is 6.10 Å². The van der Waals surface area contributed by atoms with Gasteiger partial charge in [-0.05, 0) is 6.92 Å². The SMILES string of the molecule is C[C@@H](O)Cn1cnc(C#N)n1. The standard InChI is InChI=1S/C6H8N4O/c1-5(11)3-10-4-8-6(2-7)9-10/h4-5,11H,3H2,1H3/t5-/m1/s1. The molecule has 1 aromatic heterocycles. The molecule has 1 atom stereocenters. The van der Waals surface area contributed by atoms with E-state index in [1.807, 2.05) is 0 Å². The predicted molar refractivity (Wildman–Crippen MR) is 36.4 cm³/mol. The van der Waals surface area contributed by atoms with Crippen molar-refractivity contribution < 1.29 is 5.11 Å². The van der Waals surface area contributed by atoms with Gasteiger partial charge in [-0.25, -0.2) is 9.67 Å². The molecule has 58 valence electrons. The number of hydrogen-bond acceptors (Lipinski definition) is 4. The van der Waals surface area contributed by atoms with Crippen LogP contribution in [-0.4, -0.2) is 26.0 Å². The van der Waals surface area contributed by atoms with E-state index >= 15 is 0 Å². The predicted octanol–water partition coefficient (Wildman–Crippen LogP) is -0.469. The zero-order chi connectivity index (χ0) is 8.27. The third kappa shape index (κ3) is 2.02. The summed E-state index contributed by atoms with van der Waals surface area (Å²) in [6.07, 6.45) is 0.953. The van der Waals surface area contributed by atoms with E-state index in [2.05, 4.69) is 10.1 Å². The summed E-state index contributed by atoms with van der Waals surface area (Å²) in [5, 5.41) is 21.0. The van der Waals surface area contributed by atoms with Crippen LogP contribution in [0.2, 0.25) is 0 Å². The van der Waals surface area contributed by atoms with Gasteiger partial charge < -0.3 is 5.11 Å². The van der Waals surface area contributed by atoms with Crippen LogP contribution in [0.3, 0.4) is 0 Å². The number of hydrogen-bond donors (Lipinski definition) is 1. The van der Waals surface area contributed by atoms with Crippen LogP contribution in [0.1, 0.15) is 12.7 Å². The second kappa shape index (κ2) is 3.12. The van der Waals surface area contributed by atoms with E-state index in [9.17, 15) is 0 Å². The molecule has 0 aliphatic rings. The molecular weight excluding hydrogens is 144 g/mol. The van der Waals surface area contributed by atoms with Crippen LogP contribution in [0, 0.1) is 11.3 Å². The monoisotopic (exact) mass is 152 g/mol. The van der Waals surface area contributed by atoms with Crippen LogP contribution in [-0.2, 0) is 6.54 Å². The highest BCUT2D eigenvalue weighted by molar-refractivity contribution is 5.05. The minimum atomic E-state index is -0.469. The first-order valence-electron chi connectivity index (χ1n) is 3.20. The Hall–Kier alpha value is -1.41. The van der Waals surface area contributed by atoms with Crippen LogP contribution in [0.4, 0.5) is 0 Å². The molecule has 0 spiro atoms. The van der Waals surface area contributed by atoms with Gasteiger partial charge in [-0.1, -0.05) is 0 Å². The fourth-order valence-corrected chi connectivity index (χ4v) is 0.705. The summed E-state index contributed by atoms with van der Waals surface area (Å²) in [5.74, 6) is 0.130. The Morgan fingerprint density at radius 3 is 3.09 bits per heavy atom. The van der Waals surface area contributed by atoms with E-state index in [0.717, 1.165) is 0 Å². The minimum Gasteiger partial charge on any atom is -0.391 e. The first-order chi connectivity index (χ1) is 5.22. The second-order valence-electron chi connectivity index (χ2n) is 2.25. The van der Waals surface area contributed by atoms with Crippen LogP contribution in [0.15, 0.2) is 6.33 Å². The molecule has 0 unspecified atom stereocenters. The Morgan fingerprint density at radius 1 is 1.91 bits per heavy atom. The summed E-state index contributed by atoms with van der Waals surface area (Å²) in [7, 11) is 0.